The van der Waals surface area contributed by atoms with E-state index in [1.807, 2.05) is 42.5 Å². The molecule has 152 valence electrons. The molecule has 0 saturated carbocycles. The van der Waals surface area contributed by atoms with Crippen molar-refractivity contribution in [3.8, 4) is 11.3 Å². The molecule has 1 amide bonds. The number of carbonyl (C=O) groups is 1. The van der Waals surface area contributed by atoms with Crippen LogP contribution in [0.15, 0.2) is 71.1 Å². The molecule has 0 unspecified atom stereocenters. The second-order valence-electron chi connectivity index (χ2n) is 7.19. The van der Waals surface area contributed by atoms with Gasteiger partial charge in [-0.2, -0.15) is 0 Å². The van der Waals surface area contributed by atoms with Crippen LogP contribution in [0.1, 0.15) is 37.2 Å². The Labute approximate surface area is 173 Å². The van der Waals surface area contributed by atoms with Gasteiger partial charge in [-0.25, -0.2) is 0 Å². The molecule has 29 heavy (non-hydrogen) atoms. The van der Waals surface area contributed by atoms with Crippen molar-refractivity contribution >= 4 is 5.91 Å². The molecule has 1 aromatic heterocycles. The Bertz CT molecular complexity index is 881. The van der Waals surface area contributed by atoms with Gasteiger partial charge in [0.1, 0.15) is 11.5 Å². The van der Waals surface area contributed by atoms with Gasteiger partial charge in [0.2, 0.25) is 5.91 Å². The lowest BCUT2D eigenvalue weighted by atomic mass is 10.1. The van der Waals surface area contributed by atoms with Crippen molar-refractivity contribution in [3.05, 3.63) is 83.6 Å². The van der Waals surface area contributed by atoms with Crippen molar-refractivity contribution in [1.29, 1.82) is 0 Å². The first kappa shape index (κ1) is 20.9. The lowest BCUT2D eigenvalue weighted by Crippen LogP contribution is -2.23. The number of hydrogen-bond acceptors (Lipinski definition) is 3. The monoisotopic (exact) mass is 390 g/mol. The van der Waals surface area contributed by atoms with Crippen LogP contribution < -0.4 is 5.32 Å². The lowest BCUT2D eigenvalue weighted by molar-refractivity contribution is -0.121. The number of amides is 1. The van der Waals surface area contributed by atoms with Gasteiger partial charge in [-0.3, -0.25) is 9.69 Å². The summed E-state index contributed by atoms with van der Waals surface area (Å²) >= 11 is 0. The average Bonchev–Trinajstić information content (AvgIpc) is 3.25. The molecule has 0 aliphatic heterocycles. The van der Waals surface area contributed by atoms with Crippen LogP contribution in [0.4, 0.5) is 0 Å². The zero-order valence-corrected chi connectivity index (χ0v) is 17.4. The summed E-state index contributed by atoms with van der Waals surface area (Å²) in [6.45, 7) is 7.98. The van der Waals surface area contributed by atoms with Crippen LogP contribution in [0.3, 0.4) is 0 Å². The van der Waals surface area contributed by atoms with Crippen LogP contribution in [0.2, 0.25) is 0 Å². The molecule has 0 aliphatic rings. The van der Waals surface area contributed by atoms with Crippen LogP contribution in [0.5, 0.6) is 0 Å². The number of nitrogens with zero attached hydrogens (tertiary/aromatic N) is 1. The smallest absolute Gasteiger partial charge is 0.220 e. The summed E-state index contributed by atoms with van der Waals surface area (Å²) in [6.07, 6.45) is 1.02. The minimum Gasteiger partial charge on any atom is -0.461 e. The summed E-state index contributed by atoms with van der Waals surface area (Å²) in [5.41, 5.74) is 3.47. The van der Waals surface area contributed by atoms with Gasteiger partial charge in [0.15, 0.2) is 0 Å². The predicted molar refractivity (Wildman–Crippen MR) is 117 cm³/mol. The van der Waals surface area contributed by atoms with Gasteiger partial charge in [0.25, 0.3) is 0 Å². The Morgan fingerprint density at radius 3 is 2.28 bits per heavy atom. The third-order valence-corrected chi connectivity index (χ3v) is 5.13. The molecular weight excluding hydrogens is 360 g/mol. The average molecular weight is 391 g/mol. The largest absolute Gasteiger partial charge is 0.461 e. The Morgan fingerprint density at radius 2 is 1.59 bits per heavy atom. The number of nitrogens with one attached hydrogen (secondary N) is 1. The van der Waals surface area contributed by atoms with Crippen LogP contribution in [0, 0.1) is 0 Å². The maximum absolute atomic E-state index is 12.2. The van der Waals surface area contributed by atoms with Crippen LogP contribution >= 0.6 is 0 Å². The molecule has 0 saturated heterocycles. The molecule has 2 aromatic carbocycles. The van der Waals surface area contributed by atoms with Crippen molar-refractivity contribution in [1.82, 2.24) is 10.2 Å². The molecule has 0 radical (unpaired) electrons. The molecule has 1 heterocycles. The third-order valence-electron chi connectivity index (χ3n) is 5.13. The van der Waals surface area contributed by atoms with Gasteiger partial charge in [-0.1, -0.05) is 68.4 Å². The second kappa shape index (κ2) is 10.6. The molecule has 0 fully saturated rings. The highest BCUT2D eigenvalue weighted by Crippen LogP contribution is 2.22. The molecule has 0 spiro atoms. The van der Waals surface area contributed by atoms with Gasteiger partial charge >= 0.3 is 0 Å². The van der Waals surface area contributed by atoms with Crippen LogP contribution in [-0.2, 0) is 24.3 Å². The minimum absolute atomic E-state index is 0.0369. The first-order valence-electron chi connectivity index (χ1n) is 10.4. The first-order valence-corrected chi connectivity index (χ1v) is 10.4. The van der Waals surface area contributed by atoms with E-state index < -0.39 is 0 Å². The third kappa shape index (κ3) is 6.33. The van der Waals surface area contributed by atoms with Gasteiger partial charge in [0, 0.05) is 31.5 Å². The van der Waals surface area contributed by atoms with E-state index in [-0.39, 0.29) is 5.91 Å². The fourth-order valence-electron chi connectivity index (χ4n) is 3.26. The van der Waals surface area contributed by atoms with Crippen molar-refractivity contribution in [2.75, 3.05) is 13.1 Å². The van der Waals surface area contributed by atoms with E-state index >= 15 is 0 Å². The summed E-state index contributed by atoms with van der Waals surface area (Å²) in [6, 6.07) is 22.4. The molecule has 4 heteroatoms. The zero-order chi connectivity index (χ0) is 20.5. The number of carbonyl (C=O) groups excluding carboxylic acids is 1. The van der Waals surface area contributed by atoms with Crippen LogP contribution in [-0.4, -0.2) is 23.9 Å². The van der Waals surface area contributed by atoms with Crippen molar-refractivity contribution in [3.63, 3.8) is 0 Å². The van der Waals surface area contributed by atoms with Crippen molar-refractivity contribution in [2.24, 2.45) is 0 Å². The van der Waals surface area contributed by atoms with E-state index in [0.29, 0.717) is 19.4 Å². The highest BCUT2D eigenvalue weighted by atomic mass is 16.3. The Hall–Kier alpha value is -2.85. The molecule has 1 N–H and O–H groups in total. The summed E-state index contributed by atoms with van der Waals surface area (Å²) in [5, 5.41) is 3.00. The molecule has 3 rings (SSSR count). The van der Waals surface area contributed by atoms with E-state index in [1.165, 1.54) is 5.56 Å². The van der Waals surface area contributed by atoms with Crippen molar-refractivity contribution in [2.45, 2.75) is 39.8 Å². The fourth-order valence-corrected chi connectivity index (χ4v) is 3.26. The molecule has 0 bridgehead atoms. The van der Waals surface area contributed by atoms with Gasteiger partial charge in [0.05, 0.1) is 0 Å². The summed E-state index contributed by atoms with van der Waals surface area (Å²) in [5.74, 6) is 1.71. The van der Waals surface area contributed by atoms with Gasteiger partial charge in [-0.05, 0) is 36.3 Å². The van der Waals surface area contributed by atoms with E-state index in [1.54, 1.807) is 0 Å². The highest BCUT2D eigenvalue weighted by Gasteiger charge is 2.08. The van der Waals surface area contributed by atoms with Gasteiger partial charge < -0.3 is 9.73 Å². The number of aryl methyl sites for hydroxylation is 1. The maximum atomic E-state index is 12.2. The molecule has 0 aliphatic carbocycles. The van der Waals surface area contributed by atoms with E-state index in [9.17, 15) is 4.79 Å². The molecule has 4 nitrogen and oxygen atoms in total. The number of furan rings is 1. The van der Waals surface area contributed by atoms with E-state index in [4.69, 9.17) is 4.42 Å². The SMILES string of the molecule is CCN(CC)Cc1ccc(CNC(=O)CCc2ccc(-c3ccccc3)o2)cc1. The van der Waals surface area contributed by atoms with Gasteiger partial charge in [-0.15, -0.1) is 0 Å². The Morgan fingerprint density at radius 1 is 0.897 bits per heavy atom. The quantitative estimate of drug-likeness (QED) is 0.528. The molecule has 0 atom stereocenters. The predicted octanol–water partition coefficient (Wildman–Crippen LogP) is 5.04. The Kier molecular flexibility index (Phi) is 7.65. The summed E-state index contributed by atoms with van der Waals surface area (Å²) in [7, 11) is 0. The number of hydrogen-bond donors (Lipinski definition) is 1. The fraction of sp³-hybridized carbons (Fsp3) is 0.320. The number of rotatable bonds is 10. The van der Waals surface area contributed by atoms with E-state index in [2.05, 4.69) is 48.3 Å². The van der Waals surface area contributed by atoms with E-state index in [0.717, 1.165) is 42.3 Å². The standard InChI is InChI=1S/C25H30N2O2/c1-3-27(4-2)19-21-12-10-20(11-13-21)18-26-25(28)17-15-23-14-16-24(29-23)22-8-6-5-7-9-22/h5-14,16H,3-4,15,17-19H2,1-2H3,(H,26,28). The summed E-state index contributed by atoms with van der Waals surface area (Å²) < 4.78 is 5.86. The minimum atomic E-state index is 0.0369. The van der Waals surface area contributed by atoms with Crippen molar-refractivity contribution < 1.29 is 9.21 Å². The zero-order valence-electron chi connectivity index (χ0n) is 17.4. The van der Waals surface area contributed by atoms with Crippen LogP contribution in [0.25, 0.3) is 11.3 Å². The topological polar surface area (TPSA) is 45.5 Å². The maximum Gasteiger partial charge on any atom is 0.220 e. The highest BCUT2D eigenvalue weighted by molar-refractivity contribution is 5.76. The lowest BCUT2D eigenvalue weighted by Gasteiger charge is -2.18. The normalized spacial score (nSPS) is 11.0. The molecule has 3 aromatic rings. The number of benzene rings is 2. The Balaban J connectivity index is 1.43. The first-order chi connectivity index (χ1) is 14.2. The molecular formula is C25H30N2O2. The summed E-state index contributed by atoms with van der Waals surface area (Å²) in [4.78, 5) is 14.6. The second-order valence-corrected chi connectivity index (χ2v) is 7.19.